The number of allylic oxidation sites excluding steroid dienone is 1. The molecule has 2 aromatic heterocycles. The summed E-state index contributed by atoms with van der Waals surface area (Å²) in [6.07, 6.45) is 1.81. The molecule has 0 saturated heterocycles. The molecule has 0 saturated carbocycles. The van der Waals surface area contributed by atoms with Crippen LogP contribution in [0.3, 0.4) is 0 Å². The first kappa shape index (κ1) is 28.1. The summed E-state index contributed by atoms with van der Waals surface area (Å²) >= 11 is 0. The summed E-state index contributed by atoms with van der Waals surface area (Å²) in [6.45, 7) is 0. The van der Waals surface area contributed by atoms with Crippen LogP contribution in [0.4, 0.5) is 0 Å². The Kier molecular flexibility index (Phi) is 6.24. The third kappa shape index (κ3) is 4.36. The van der Waals surface area contributed by atoms with Crippen molar-refractivity contribution in [2.24, 2.45) is 4.99 Å². The Morgan fingerprint density at radius 3 is 2.02 bits per heavy atom. The summed E-state index contributed by atoms with van der Waals surface area (Å²) in [5.74, 6) is 0. The van der Waals surface area contributed by atoms with E-state index in [0.717, 1.165) is 93.9 Å². The van der Waals surface area contributed by atoms with Crippen LogP contribution in [0.5, 0.6) is 0 Å². The van der Waals surface area contributed by atoms with Crippen molar-refractivity contribution in [1.82, 2.24) is 5.32 Å². The monoisotopic (exact) mass is 641 g/mol. The number of fused-ring (bicyclic) bond motifs is 7. The van der Waals surface area contributed by atoms with Gasteiger partial charge in [-0.25, -0.2) is 0 Å². The number of nitrogens with zero attached hydrogens (tertiary/aromatic N) is 2. The van der Waals surface area contributed by atoms with Crippen molar-refractivity contribution in [2.75, 3.05) is 0 Å². The number of aliphatic imine (C=N–C) groups is 1. The van der Waals surface area contributed by atoms with Crippen LogP contribution in [0.2, 0.25) is 0 Å². The summed E-state index contributed by atoms with van der Waals surface area (Å²) < 4.78 is 12.5. The van der Waals surface area contributed by atoms with Crippen LogP contribution in [0.15, 0.2) is 165 Å². The predicted molar refractivity (Wildman–Crippen MR) is 202 cm³/mol. The van der Waals surface area contributed by atoms with Gasteiger partial charge in [0.25, 0.3) is 0 Å². The lowest BCUT2D eigenvalue weighted by Crippen LogP contribution is -2.25. The summed E-state index contributed by atoms with van der Waals surface area (Å²) in [7, 11) is 0. The summed E-state index contributed by atoms with van der Waals surface area (Å²) in [4.78, 5) is 5.31. The van der Waals surface area contributed by atoms with Gasteiger partial charge < -0.3 is 14.2 Å². The molecule has 0 aliphatic carbocycles. The molecule has 50 heavy (non-hydrogen) atoms. The van der Waals surface area contributed by atoms with Crippen molar-refractivity contribution in [3.05, 3.63) is 174 Å². The number of hydrogen-bond donors (Lipinski definition) is 1. The van der Waals surface area contributed by atoms with Crippen molar-refractivity contribution >= 4 is 66.1 Å². The molecule has 1 aliphatic heterocycles. The topological polar surface area (TPSA) is 74.5 Å². The third-order valence-electron chi connectivity index (χ3n) is 9.77. The smallest absolute Gasteiger partial charge is 0.146 e. The van der Waals surface area contributed by atoms with Gasteiger partial charge in [0.1, 0.15) is 28.5 Å². The van der Waals surface area contributed by atoms with Crippen LogP contribution in [-0.2, 0) is 0 Å². The number of rotatable bonds is 4. The molecule has 5 nitrogen and oxygen atoms in total. The van der Waals surface area contributed by atoms with Gasteiger partial charge in [-0.2, -0.15) is 5.26 Å². The number of furan rings is 2. The van der Waals surface area contributed by atoms with Crippen molar-refractivity contribution in [1.29, 1.82) is 5.26 Å². The Labute approximate surface area is 287 Å². The lowest BCUT2D eigenvalue weighted by molar-refractivity contribution is 0.658. The largest absolute Gasteiger partial charge is 0.456 e. The van der Waals surface area contributed by atoms with E-state index in [0.29, 0.717) is 5.56 Å². The van der Waals surface area contributed by atoms with E-state index >= 15 is 0 Å². The maximum atomic E-state index is 9.65. The van der Waals surface area contributed by atoms with E-state index < -0.39 is 0 Å². The fourth-order valence-corrected chi connectivity index (χ4v) is 7.53. The molecule has 1 unspecified atom stereocenters. The highest BCUT2D eigenvalue weighted by molar-refractivity contribution is 6.18. The van der Waals surface area contributed by atoms with Gasteiger partial charge in [-0.15, -0.1) is 0 Å². The van der Waals surface area contributed by atoms with Crippen LogP contribution >= 0.6 is 0 Å². The maximum Gasteiger partial charge on any atom is 0.146 e. The molecule has 9 aromatic rings. The van der Waals surface area contributed by atoms with Crippen molar-refractivity contribution in [3.8, 4) is 17.2 Å². The number of nitrogens with one attached hydrogen (secondary N) is 1. The van der Waals surface area contributed by atoms with Gasteiger partial charge in [-0.1, -0.05) is 109 Å². The number of para-hydroxylation sites is 1. The van der Waals surface area contributed by atoms with Crippen LogP contribution < -0.4 is 5.32 Å². The van der Waals surface area contributed by atoms with E-state index in [4.69, 9.17) is 13.8 Å². The number of hydrogen-bond acceptors (Lipinski definition) is 5. The van der Waals surface area contributed by atoms with Crippen molar-refractivity contribution in [2.45, 2.75) is 6.17 Å². The minimum Gasteiger partial charge on any atom is -0.456 e. The zero-order valence-corrected chi connectivity index (χ0v) is 26.7. The molecule has 0 spiro atoms. The Bertz CT molecular complexity index is 2920. The average Bonchev–Trinajstić information content (AvgIpc) is 3.76. The molecular weight excluding hydrogens is 615 g/mol. The molecule has 7 aromatic carbocycles. The molecule has 10 rings (SSSR count). The quantitative estimate of drug-likeness (QED) is 0.207. The maximum absolute atomic E-state index is 9.65. The average molecular weight is 642 g/mol. The molecule has 0 bridgehead atoms. The second-order valence-electron chi connectivity index (χ2n) is 12.6. The summed E-state index contributed by atoms with van der Waals surface area (Å²) in [5, 5.41) is 19.8. The highest BCUT2D eigenvalue weighted by atomic mass is 16.3. The molecule has 1 N–H and O–H groups in total. The van der Waals surface area contributed by atoms with E-state index in [1.807, 2.05) is 54.6 Å². The van der Waals surface area contributed by atoms with Gasteiger partial charge in [-0.05, 0) is 69.9 Å². The SMILES string of the molecule is N#Cc1ccc2oc3cccc(-c4cccc5c(C6=CC(c7ccccc7)=NC(c7cccc8oc9ccccc9c78)N6)cccc45)c3c2c1. The summed E-state index contributed by atoms with van der Waals surface area (Å²) in [6, 6.07) is 51.8. The van der Waals surface area contributed by atoms with Crippen LogP contribution in [0.1, 0.15) is 28.4 Å². The van der Waals surface area contributed by atoms with E-state index in [-0.39, 0.29) is 6.17 Å². The predicted octanol–water partition coefficient (Wildman–Crippen LogP) is 11.3. The van der Waals surface area contributed by atoms with E-state index in [1.54, 1.807) is 6.07 Å². The lowest BCUT2D eigenvalue weighted by atomic mass is 9.91. The first-order valence-corrected chi connectivity index (χ1v) is 16.6. The van der Waals surface area contributed by atoms with Gasteiger partial charge in [0.15, 0.2) is 0 Å². The molecule has 1 atom stereocenters. The van der Waals surface area contributed by atoms with Crippen LogP contribution in [0, 0.1) is 11.3 Å². The van der Waals surface area contributed by atoms with Crippen LogP contribution in [-0.4, -0.2) is 5.71 Å². The van der Waals surface area contributed by atoms with Gasteiger partial charge in [0, 0.05) is 38.4 Å². The molecule has 1 aliphatic rings. The van der Waals surface area contributed by atoms with E-state index in [1.165, 1.54) is 0 Å². The van der Waals surface area contributed by atoms with Crippen molar-refractivity contribution in [3.63, 3.8) is 0 Å². The Morgan fingerprint density at radius 1 is 0.540 bits per heavy atom. The Hall–Kier alpha value is -6.90. The standard InChI is InChI=1S/C45H27N3O2/c46-26-27-22-23-40-36(24-27)43-33(17-8-20-41(43)50-40)31-15-6-14-30-29(31)13-7-16-32(30)38-25-37(28-10-2-1-3-11-28)47-45(48-38)35-18-9-21-42-44(35)34-12-4-5-19-39(34)49-42/h1-25,45,48H. The van der Waals surface area contributed by atoms with Crippen LogP contribution in [0.25, 0.3) is 71.5 Å². The normalized spacial score (nSPS) is 14.6. The Balaban J connectivity index is 1.17. The molecule has 5 heteroatoms. The molecule has 234 valence electrons. The summed E-state index contributed by atoms with van der Waals surface area (Å²) in [5.41, 5.74) is 11.1. The van der Waals surface area contributed by atoms with Gasteiger partial charge in [0.05, 0.1) is 17.3 Å². The fraction of sp³-hybridized carbons (Fsp3) is 0.0222. The number of benzene rings is 7. The highest BCUT2D eigenvalue weighted by Crippen LogP contribution is 2.42. The molecular formula is C45H27N3O2. The third-order valence-corrected chi connectivity index (χ3v) is 9.77. The van der Waals surface area contributed by atoms with Gasteiger partial charge >= 0.3 is 0 Å². The molecule has 0 radical (unpaired) electrons. The second-order valence-corrected chi connectivity index (χ2v) is 12.6. The van der Waals surface area contributed by atoms with Gasteiger partial charge in [-0.3, -0.25) is 4.99 Å². The molecule has 0 amide bonds. The zero-order chi connectivity index (χ0) is 33.2. The lowest BCUT2D eigenvalue weighted by Gasteiger charge is -2.26. The minimum absolute atomic E-state index is 0.353. The van der Waals surface area contributed by atoms with Crippen molar-refractivity contribution < 1.29 is 8.83 Å². The van der Waals surface area contributed by atoms with E-state index in [2.05, 4.69) is 102 Å². The first-order valence-electron chi connectivity index (χ1n) is 16.6. The fourth-order valence-electron chi connectivity index (χ4n) is 7.53. The van der Waals surface area contributed by atoms with E-state index in [9.17, 15) is 5.26 Å². The molecule has 0 fully saturated rings. The Morgan fingerprint density at radius 2 is 1.18 bits per heavy atom. The first-order chi connectivity index (χ1) is 24.7. The minimum atomic E-state index is -0.353. The highest BCUT2D eigenvalue weighted by Gasteiger charge is 2.24. The number of nitriles is 1. The zero-order valence-electron chi connectivity index (χ0n) is 26.7. The van der Waals surface area contributed by atoms with Gasteiger partial charge in [0.2, 0.25) is 0 Å². The second kappa shape index (κ2) is 11.1. The molecule has 3 heterocycles.